The van der Waals surface area contributed by atoms with Crippen LogP contribution in [0.2, 0.25) is 0 Å². The summed E-state index contributed by atoms with van der Waals surface area (Å²) < 4.78 is 5.58. The number of hydrogen-bond donors (Lipinski definition) is 2. The number of nitrogens with one attached hydrogen (secondary N) is 1. The Balaban J connectivity index is 1.67. The van der Waals surface area contributed by atoms with Crippen molar-refractivity contribution in [2.24, 2.45) is 0 Å². The Morgan fingerprint density at radius 2 is 1.96 bits per heavy atom. The van der Waals surface area contributed by atoms with E-state index in [-0.39, 0.29) is 5.92 Å². The number of para-hydroxylation sites is 1. The van der Waals surface area contributed by atoms with Gasteiger partial charge in [-0.05, 0) is 67.0 Å². The Bertz CT molecular complexity index is 881. The van der Waals surface area contributed by atoms with Crippen molar-refractivity contribution in [1.82, 2.24) is 5.32 Å². The Kier molecular flexibility index (Phi) is 4.46. The number of hydrogen-bond acceptors (Lipinski definition) is 3. The third-order valence-corrected chi connectivity index (χ3v) is 5.55. The summed E-state index contributed by atoms with van der Waals surface area (Å²) in [5, 5.41) is 13.5. The molecule has 26 heavy (non-hydrogen) atoms. The van der Waals surface area contributed by atoms with E-state index in [9.17, 15) is 5.11 Å². The molecule has 0 radical (unpaired) electrons. The molecule has 2 aliphatic rings. The van der Waals surface area contributed by atoms with E-state index in [0.29, 0.717) is 11.7 Å². The van der Waals surface area contributed by atoms with Gasteiger partial charge in [0, 0.05) is 17.3 Å². The number of phenols is 1. The number of allylic oxidation sites excluding steroid dienone is 4. The van der Waals surface area contributed by atoms with Crippen molar-refractivity contribution in [3.63, 3.8) is 0 Å². The van der Waals surface area contributed by atoms with Crippen molar-refractivity contribution in [2.45, 2.75) is 38.0 Å². The van der Waals surface area contributed by atoms with Crippen molar-refractivity contribution < 1.29 is 9.84 Å². The molecule has 1 aliphatic heterocycles. The van der Waals surface area contributed by atoms with Gasteiger partial charge in [-0.1, -0.05) is 36.4 Å². The summed E-state index contributed by atoms with van der Waals surface area (Å²) in [7, 11) is 1.75. The minimum atomic E-state index is 0.247. The smallest absolute Gasteiger partial charge is 0.122 e. The molecule has 3 nitrogen and oxygen atoms in total. The van der Waals surface area contributed by atoms with Crippen LogP contribution in [0, 0.1) is 0 Å². The predicted molar refractivity (Wildman–Crippen MR) is 104 cm³/mol. The molecule has 2 unspecified atom stereocenters. The number of rotatable bonds is 3. The van der Waals surface area contributed by atoms with Crippen LogP contribution in [-0.2, 0) is 0 Å². The van der Waals surface area contributed by atoms with E-state index in [1.807, 2.05) is 24.3 Å². The lowest BCUT2D eigenvalue weighted by molar-refractivity contribution is 0.400. The fraction of sp³-hybridized carbons (Fsp3) is 0.304. The van der Waals surface area contributed by atoms with E-state index in [0.717, 1.165) is 30.6 Å². The first kappa shape index (κ1) is 16.8. The molecule has 0 fully saturated rings. The number of benzene rings is 2. The van der Waals surface area contributed by atoms with Gasteiger partial charge in [0.15, 0.2) is 0 Å². The van der Waals surface area contributed by atoms with Gasteiger partial charge in [0.05, 0.1) is 7.11 Å². The molecule has 134 valence electrons. The predicted octanol–water partition coefficient (Wildman–Crippen LogP) is 5.21. The second-order valence-corrected chi connectivity index (χ2v) is 7.23. The summed E-state index contributed by atoms with van der Waals surface area (Å²) in [6.45, 7) is 2.12. The average molecular weight is 347 g/mol. The van der Waals surface area contributed by atoms with Crippen molar-refractivity contribution >= 4 is 0 Å². The van der Waals surface area contributed by atoms with Crippen LogP contribution >= 0.6 is 0 Å². The summed E-state index contributed by atoms with van der Waals surface area (Å²) in [6, 6.07) is 16.0. The van der Waals surface area contributed by atoms with E-state index < -0.39 is 0 Å². The van der Waals surface area contributed by atoms with Crippen LogP contribution in [0.4, 0.5) is 0 Å². The van der Waals surface area contributed by atoms with Gasteiger partial charge in [0.25, 0.3) is 0 Å². The summed E-state index contributed by atoms with van der Waals surface area (Å²) in [4.78, 5) is 0. The molecule has 0 spiro atoms. The summed E-state index contributed by atoms with van der Waals surface area (Å²) >= 11 is 0. The first-order valence-electron chi connectivity index (χ1n) is 9.25. The van der Waals surface area contributed by atoms with Crippen LogP contribution in [0.1, 0.15) is 49.1 Å². The Morgan fingerprint density at radius 1 is 1.12 bits per heavy atom. The van der Waals surface area contributed by atoms with E-state index in [1.54, 1.807) is 13.2 Å². The fourth-order valence-electron chi connectivity index (χ4n) is 4.35. The molecule has 0 amide bonds. The maximum atomic E-state index is 9.89. The Hall–Kier alpha value is -2.68. The van der Waals surface area contributed by atoms with Crippen molar-refractivity contribution in [2.75, 3.05) is 7.11 Å². The largest absolute Gasteiger partial charge is 0.508 e. The van der Waals surface area contributed by atoms with Crippen molar-refractivity contribution in [1.29, 1.82) is 0 Å². The lowest BCUT2D eigenvalue weighted by atomic mass is 9.75. The normalized spacial score (nSPS) is 22.3. The van der Waals surface area contributed by atoms with Crippen LogP contribution in [0.25, 0.3) is 0 Å². The molecule has 2 aromatic rings. The number of dihydropyridines is 1. The zero-order valence-corrected chi connectivity index (χ0v) is 15.3. The number of phenolic OH excluding ortho intramolecular Hbond substituents is 1. The van der Waals surface area contributed by atoms with Crippen LogP contribution in [0.5, 0.6) is 11.5 Å². The Morgan fingerprint density at radius 3 is 2.77 bits per heavy atom. The van der Waals surface area contributed by atoms with E-state index in [1.165, 1.54) is 22.5 Å². The average Bonchev–Trinajstić information content (AvgIpc) is 2.66. The molecule has 2 aromatic carbocycles. The number of ether oxygens (including phenoxy) is 1. The highest BCUT2D eigenvalue weighted by molar-refractivity contribution is 5.46. The van der Waals surface area contributed by atoms with Crippen LogP contribution in [-0.4, -0.2) is 12.2 Å². The molecule has 0 bridgehead atoms. The van der Waals surface area contributed by atoms with Gasteiger partial charge in [-0.2, -0.15) is 0 Å². The van der Waals surface area contributed by atoms with Crippen molar-refractivity contribution in [3.8, 4) is 11.5 Å². The zero-order valence-electron chi connectivity index (χ0n) is 15.3. The van der Waals surface area contributed by atoms with Gasteiger partial charge in [0.2, 0.25) is 0 Å². The highest BCUT2D eigenvalue weighted by Gasteiger charge is 2.30. The van der Waals surface area contributed by atoms with Gasteiger partial charge >= 0.3 is 0 Å². The molecule has 0 saturated carbocycles. The summed E-state index contributed by atoms with van der Waals surface area (Å²) in [5.41, 5.74) is 6.42. The minimum absolute atomic E-state index is 0.247. The monoisotopic (exact) mass is 347 g/mol. The number of methoxy groups -OCH3 is 1. The fourth-order valence-corrected chi connectivity index (χ4v) is 4.35. The maximum Gasteiger partial charge on any atom is 0.122 e. The topological polar surface area (TPSA) is 41.5 Å². The van der Waals surface area contributed by atoms with Gasteiger partial charge in [-0.25, -0.2) is 0 Å². The van der Waals surface area contributed by atoms with Gasteiger partial charge in [-0.3, -0.25) is 0 Å². The molecular weight excluding hydrogens is 322 g/mol. The standard InChI is InChI=1S/C23H25NO2/c1-15-12-21(16-6-5-7-18(25)13-16)20-11-10-17(14-22(20)24-15)19-8-3-4-9-23(19)26-2/h3-9,12-13,17,21,24-25H,10-11,14H2,1-2H3. The molecule has 2 N–H and O–H groups in total. The molecule has 0 saturated heterocycles. The molecule has 0 aromatic heterocycles. The third kappa shape index (κ3) is 3.10. The third-order valence-electron chi connectivity index (χ3n) is 5.55. The first-order valence-corrected chi connectivity index (χ1v) is 9.25. The molecule has 2 atom stereocenters. The molecule has 1 heterocycles. The van der Waals surface area contributed by atoms with E-state index >= 15 is 0 Å². The zero-order chi connectivity index (χ0) is 18.1. The van der Waals surface area contributed by atoms with Gasteiger partial charge < -0.3 is 15.2 Å². The molecule has 1 aliphatic carbocycles. The molecular formula is C23H25NO2. The van der Waals surface area contributed by atoms with Crippen LogP contribution in [0.15, 0.2) is 71.6 Å². The highest BCUT2D eigenvalue weighted by Crippen LogP contribution is 2.45. The summed E-state index contributed by atoms with van der Waals surface area (Å²) in [6.07, 6.45) is 5.44. The van der Waals surface area contributed by atoms with Crippen LogP contribution in [0.3, 0.4) is 0 Å². The lowest BCUT2D eigenvalue weighted by Gasteiger charge is -2.35. The molecule has 3 heteroatoms. The SMILES string of the molecule is COc1ccccc1C1CCC2=C(C1)NC(C)=CC2c1cccc(O)c1. The second kappa shape index (κ2) is 6.91. The quantitative estimate of drug-likeness (QED) is 0.800. The van der Waals surface area contributed by atoms with Gasteiger partial charge in [-0.15, -0.1) is 0 Å². The van der Waals surface area contributed by atoms with Crippen LogP contribution < -0.4 is 10.1 Å². The van der Waals surface area contributed by atoms with Gasteiger partial charge in [0.1, 0.15) is 11.5 Å². The van der Waals surface area contributed by atoms with E-state index in [4.69, 9.17) is 4.74 Å². The summed E-state index contributed by atoms with van der Waals surface area (Å²) in [5.74, 6) is 2.02. The second-order valence-electron chi connectivity index (χ2n) is 7.23. The molecule has 4 rings (SSSR count). The van der Waals surface area contributed by atoms with Crippen molar-refractivity contribution in [3.05, 3.63) is 82.7 Å². The minimum Gasteiger partial charge on any atom is -0.508 e. The maximum absolute atomic E-state index is 9.89. The first-order chi connectivity index (χ1) is 12.7. The number of aromatic hydroxyl groups is 1. The Labute approximate surface area is 155 Å². The van der Waals surface area contributed by atoms with E-state index in [2.05, 4.69) is 36.5 Å². The lowest BCUT2D eigenvalue weighted by Crippen LogP contribution is -2.26. The highest BCUT2D eigenvalue weighted by atomic mass is 16.5.